The normalized spacial score (nSPS) is 14.1. The summed E-state index contributed by atoms with van der Waals surface area (Å²) in [6.45, 7) is 1.80. The maximum atomic E-state index is 11.7. The molecule has 68 valence electrons. The van der Waals surface area contributed by atoms with Crippen LogP contribution < -0.4 is 5.32 Å². The minimum absolute atomic E-state index is 0.130. The van der Waals surface area contributed by atoms with Gasteiger partial charge >= 0.3 is 0 Å². The van der Waals surface area contributed by atoms with Crippen LogP contribution in [-0.2, 0) is 0 Å². The highest BCUT2D eigenvalue weighted by Gasteiger charge is 2.26. The summed E-state index contributed by atoms with van der Waals surface area (Å²) in [6, 6.07) is 7.58. The zero-order chi connectivity index (χ0) is 9.26. The van der Waals surface area contributed by atoms with Gasteiger partial charge in [-0.1, -0.05) is 12.1 Å². The van der Waals surface area contributed by atoms with Crippen molar-refractivity contribution in [2.75, 3.05) is 25.5 Å². The molecule has 0 radical (unpaired) electrons. The van der Waals surface area contributed by atoms with Gasteiger partial charge in [0.15, 0.2) is 0 Å². The second kappa shape index (κ2) is 3.09. The average Bonchev–Trinajstić information content (AvgIpc) is 3.00. The average molecular weight is 176 g/mol. The van der Waals surface area contributed by atoms with Crippen LogP contribution in [0, 0.1) is 0 Å². The predicted molar refractivity (Wildman–Crippen MR) is 51.9 cm³/mol. The molecule has 0 aromatic heterocycles. The third kappa shape index (κ3) is 1.49. The summed E-state index contributed by atoms with van der Waals surface area (Å²) in [6.07, 6.45) is 0. The number of nitrogens with zero attached hydrogens (tertiary/aromatic N) is 1. The zero-order valence-electron chi connectivity index (χ0n) is 7.58. The molecule has 1 aromatic rings. The molecule has 0 unspecified atom stereocenters. The van der Waals surface area contributed by atoms with Crippen molar-refractivity contribution in [1.29, 1.82) is 0 Å². The fraction of sp³-hybridized carbons (Fsp3) is 0.300. The summed E-state index contributed by atoms with van der Waals surface area (Å²) in [5.41, 5.74) is 1.67. The molecule has 1 amide bonds. The highest BCUT2D eigenvalue weighted by atomic mass is 16.2. The number of benzene rings is 1. The van der Waals surface area contributed by atoms with Crippen LogP contribution in [-0.4, -0.2) is 30.9 Å². The Labute approximate surface area is 77.4 Å². The van der Waals surface area contributed by atoms with Crippen molar-refractivity contribution in [3.63, 3.8) is 0 Å². The Kier molecular flexibility index (Phi) is 1.93. The molecule has 3 heteroatoms. The van der Waals surface area contributed by atoms with E-state index in [1.54, 1.807) is 0 Å². The van der Waals surface area contributed by atoms with E-state index in [0.717, 1.165) is 24.3 Å². The quantitative estimate of drug-likeness (QED) is 0.686. The first-order valence-electron chi connectivity index (χ1n) is 4.39. The van der Waals surface area contributed by atoms with Gasteiger partial charge in [-0.15, -0.1) is 0 Å². The molecule has 2 rings (SSSR count). The van der Waals surface area contributed by atoms with Crippen LogP contribution in [0.3, 0.4) is 0 Å². The minimum atomic E-state index is 0.130. The Hall–Kier alpha value is -1.51. The fourth-order valence-corrected chi connectivity index (χ4v) is 1.31. The molecular weight excluding hydrogens is 164 g/mol. The molecule has 1 saturated heterocycles. The van der Waals surface area contributed by atoms with Gasteiger partial charge in [0.2, 0.25) is 0 Å². The van der Waals surface area contributed by atoms with E-state index in [4.69, 9.17) is 0 Å². The van der Waals surface area contributed by atoms with Crippen molar-refractivity contribution in [2.45, 2.75) is 0 Å². The summed E-state index contributed by atoms with van der Waals surface area (Å²) < 4.78 is 0. The summed E-state index contributed by atoms with van der Waals surface area (Å²) in [5, 5.41) is 3.01. The Balaban J connectivity index is 2.31. The molecule has 13 heavy (non-hydrogen) atoms. The molecule has 0 atom stereocenters. The van der Waals surface area contributed by atoms with Gasteiger partial charge in [-0.05, 0) is 12.1 Å². The fourth-order valence-electron chi connectivity index (χ4n) is 1.31. The lowest BCUT2D eigenvalue weighted by molar-refractivity contribution is 0.0886. The van der Waals surface area contributed by atoms with E-state index in [9.17, 15) is 4.79 Å². The number of carbonyl (C=O) groups excluding carboxylic acids is 1. The first-order valence-corrected chi connectivity index (χ1v) is 4.39. The lowest BCUT2D eigenvalue weighted by Crippen LogP contribution is -2.12. The van der Waals surface area contributed by atoms with Gasteiger partial charge in [0.05, 0.1) is 5.56 Å². The summed E-state index contributed by atoms with van der Waals surface area (Å²) in [5.74, 6) is 0.130. The van der Waals surface area contributed by atoms with E-state index < -0.39 is 0 Å². The Bertz CT molecular complexity index is 331. The molecule has 0 aliphatic carbocycles. The largest absolute Gasteiger partial charge is 0.387 e. The molecule has 0 spiro atoms. The van der Waals surface area contributed by atoms with Crippen LogP contribution in [0.2, 0.25) is 0 Å². The van der Waals surface area contributed by atoms with Crippen LogP contribution in [0.4, 0.5) is 5.69 Å². The number of hydrogen-bond acceptors (Lipinski definition) is 2. The second-order valence-electron chi connectivity index (χ2n) is 3.09. The SMILES string of the molecule is CNc1ccccc1C(=O)N1CC1. The maximum Gasteiger partial charge on any atom is 0.256 e. The highest BCUT2D eigenvalue weighted by molar-refractivity contribution is 6.00. The molecule has 1 aromatic carbocycles. The van der Waals surface area contributed by atoms with Crippen LogP contribution >= 0.6 is 0 Å². The van der Waals surface area contributed by atoms with Crippen molar-refractivity contribution >= 4 is 11.6 Å². The van der Waals surface area contributed by atoms with E-state index in [-0.39, 0.29) is 5.91 Å². The number of rotatable bonds is 2. The molecule has 0 bridgehead atoms. The third-order valence-corrected chi connectivity index (χ3v) is 2.16. The van der Waals surface area contributed by atoms with Gasteiger partial charge in [0, 0.05) is 25.8 Å². The Morgan fingerprint density at radius 2 is 2.08 bits per heavy atom. The molecule has 0 saturated carbocycles. The van der Waals surface area contributed by atoms with Crippen LogP contribution in [0.5, 0.6) is 0 Å². The van der Waals surface area contributed by atoms with Crippen molar-refractivity contribution in [1.82, 2.24) is 4.90 Å². The first-order chi connectivity index (χ1) is 6.33. The molecule has 1 heterocycles. The number of anilines is 1. The number of carbonyl (C=O) groups is 1. The van der Waals surface area contributed by atoms with Crippen molar-refractivity contribution in [3.8, 4) is 0 Å². The van der Waals surface area contributed by atoms with Gasteiger partial charge in [-0.2, -0.15) is 0 Å². The molecule has 3 nitrogen and oxygen atoms in total. The van der Waals surface area contributed by atoms with Crippen LogP contribution in [0.15, 0.2) is 24.3 Å². The van der Waals surface area contributed by atoms with Gasteiger partial charge in [0.1, 0.15) is 0 Å². The molecule has 1 aliphatic heterocycles. The van der Waals surface area contributed by atoms with Crippen molar-refractivity contribution in [3.05, 3.63) is 29.8 Å². The van der Waals surface area contributed by atoms with Gasteiger partial charge in [-0.3, -0.25) is 4.79 Å². The highest BCUT2D eigenvalue weighted by Crippen LogP contribution is 2.19. The minimum Gasteiger partial charge on any atom is -0.387 e. The Morgan fingerprint density at radius 3 is 2.69 bits per heavy atom. The van der Waals surface area contributed by atoms with Gasteiger partial charge < -0.3 is 10.2 Å². The molecule has 1 fully saturated rings. The smallest absolute Gasteiger partial charge is 0.256 e. The summed E-state index contributed by atoms with van der Waals surface area (Å²) >= 11 is 0. The maximum absolute atomic E-state index is 11.7. The number of nitrogens with one attached hydrogen (secondary N) is 1. The topological polar surface area (TPSA) is 32.1 Å². The number of para-hydroxylation sites is 1. The van der Waals surface area contributed by atoms with Crippen molar-refractivity contribution < 1.29 is 4.79 Å². The second-order valence-corrected chi connectivity index (χ2v) is 3.09. The van der Waals surface area contributed by atoms with E-state index >= 15 is 0 Å². The predicted octanol–water partition coefficient (Wildman–Crippen LogP) is 1.18. The van der Waals surface area contributed by atoms with Gasteiger partial charge in [0.25, 0.3) is 5.91 Å². The number of amides is 1. The monoisotopic (exact) mass is 176 g/mol. The Morgan fingerprint density at radius 1 is 1.38 bits per heavy atom. The van der Waals surface area contributed by atoms with E-state index in [0.29, 0.717) is 0 Å². The standard InChI is InChI=1S/C10H12N2O/c1-11-9-5-3-2-4-8(9)10(13)12-6-7-12/h2-5,11H,6-7H2,1H3. The first kappa shape index (κ1) is 8.10. The number of hydrogen-bond donors (Lipinski definition) is 1. The van der Waals surface area contributed by atoms with E-state index in [2.05, 4.69) is 5.32 Å². The van der Waals surface area contributed by atoms with Crippen LogP contribution in [0.1, 0.15) is 10.4 Å². The molecular formula is C10H12N2O. The lowest BCUT2D eigenvalue weighted by atomic mass is 10.1. The summed E-state index contributed by atoms with van der Waals surface area (Å²) in [7, 11) is 1.83. The molecule has 1 aliphatic rings. The molecule has 1 N–H and O–H groups in total. The summed E-state index contributed by atoms with van der Waals surface area (Å²) in [4.78, 5) is 13.5. The van der Waals surface area contributed by atoms with E-state index in [1.807, 2.05) is 36.2 Å². The van der Waals surface area contributed by atoms with Crippen molar-refractivity contribution in [2.24, 2.45) is 0 Å². The third-order valence-electron chi connectivity index (χ3n) is 2.16. The van der Waals surface area contributed by atoms with Crippen LogP contribution in [0.25, 0.3) is 0 Å². The van der Waals surface area contributed by atoms with Gasteiger partial charge in [-0.25, -0.2) is 0 Å². The lowest BCUT2D eigenvalue weighted by Gasteiger charge is -2.07. The van der Waals surface area contributed by atoms with E-state index in [1.165, 1.54) is 0 Å². The zero-order valence-corrected chi connectivity index (χ0v) is 7.58.